The van der Waals surface area contributed by atoms with Gasteiger partial charge in [-0.25, -0.2) is 9.97 Å². The maximum atomic E-state index is 5.73. The predicted octanol–water partition coefficient (Wildman–Crippen LogP) is 2.12. The first-order chi connectivity index (χ1) is 5.29. The van der Waals surface area contributed by atoms with Crippen molar-refractivity contribution in [2.45, 2.75) is 7.43 Å². The molecule has 4 nitrogen and oxygen atoms in total. The third kappa shape index (κ3) is 1.23. The summed E-state index contributed by atoms with van der Waals surface area (Å²) in [4.78, 5) is 7.63. The maximum absolute atomic E-state index is 5.73. The Morgan fingerprint density at radius 2 is 2.17 bits per heavy atom. The number of nitrogens with zero attached hydrogens (tertiary/aromatic N) is 4. The highest BCUT2D eigenvalue weighted by Gasteiger charge is 2.07. The fourth-order valence-electron chi connectivity index (χ4n) is 0.775. The molecule has 0 fully saturated rings. The van der Waals surface area contributed by atoms with Gasteiger partial charge in [0.05, 0.1) is 5.39 Å². The molecule has 2 aromatic rings. The summed E-state index contributed by atoms with van der Waals surface area (Å²) in [5, 5.41) is 4.80. The molecule has 0 amide bonds. The van der Waals surface area contributed by atoms with E-state index in [0.29, 0.717) is 16.2 Å². The fourth-order valence-corrected chi connectivity index (χ4v) is 1.11. The third-order valence-corrected chi connectivity index (χ3v) is 1.95. The van der Waals surface area contributed by atoms with Gasteiger partial charge >= 0.3 is 0 Å². The van der Waals surface area contributed by atoms with Crippen LogP contribution in [0.3, 0.4) is 0 Å². The van der Waals surface area contributed by atoms with Crippen LogP contribution in [0.5, 0.6) is 0 Å². The average Bonchev–Trinajstić information content (AvgIpc) is 2.30. The molecule has 0 radical (unpaired) electrons. The second kappa shape index (κ2) is 3.25. The maximum Gasteiger partial charge on any atom is 0.187 e. The first kappa shape index (κ1) is 9.22. The van der Waals surface area contributed by atoms with Crippen molar-refractivity contribution in [3.05, 3.63) is 17.7 Å². The number of hydrogen-bond donors (Lipinski definition) is 0. The molecule has 0 aliphatic rings. The van der Waals surface area contributed by atoms with Crippen LogP contribution in [0.1, 0.15) is 7.43 Å². The minimum Gasteiger partial charge on any atom is -0.244 e. The molecule has 0 unspecified atom stereocenters. The van der Waals surface area contributed by atoms with Gasteiger partial charge in [0.1, 0.15) is 6.33 Å². The van der Waals surface area contributed by atoms with Crippen molar-refractivity contribution in [1.29, 1.82) is 0 Å². The highest BCUT2D eigenvalue weighted by Crippen LogP contribution is 2.20. The zero-order chi connectivity index (χ0) is 7.84. The molecule has 0 bridgehead atoms. The first-order valence-corrected chi connectivity index (χ1v) is 3.51. The molecule has 0 aliphatic carbocycles. The molecule has 0 saturated heterocycles. The van der Waals surface area contributed by atoms with Crippen molar-refractivity contribution < 1.29 is 0 Å². The van der Waals surface area contributed by atoms with Crippen LogP contribution in [0.15, 0.2) is 12.5 Å². The van der Waals surface area contributed by atoms with E-state index in [1.54, 1.807) is 6.20 Å². The van der Waals surface area contributed by atoms with Gasteiger partial charge in [0.2, 0.25) is 0 Å². The Kier molecular flexibility index (Phi) is 2.49. The van der Waals surface area contributed by atoms with Gasteiger partial charge in [0.15, 0.2) is 10.8 Å². The van der Waals surface area contributed by atoms with Crippen LogP contribution in [-0.4, -0.2) is 19.3 Å². The van der Waals surface area contributed by atoms with Gasteiger partial charge in [-0.3, -0.25) is 0 Å². The standard InChI is InChI=1S/C5H2Cl2N4.CH4/c6-4-3-1-8-2-9-5(3)10-11(4)7;/h1-2H;1H4. The predicted molar refractivity (Wildman–Crippen MR) is 48.3 cm³/mol. The second-order valence-electron chi connectivity index (χ2n) is 1.91. The van der Waals surface area contributed by atoms with E-state index in [1.165, 1.54) is 6.33 Å². The number of halogens is 2. The molecule has 2 rings (SSSR count). The summed E-state index contributed by atoms with van der Waals surface area (Å²) in [7, 11) is 0. The van der Waals surface area contributed by atoms with Crippen molar-refractivity contribution in [3.63, 3.8) is 0 Å². The summed E-state index contributed by atoms with van der Waals surface area (Å²) < 4.78 is 1.04. The highest BCUT2D eigenvalue weighted by atomic mass is 35.5. The van der Waals surface area contributed by atoms with Gasteiger partial charge < -0.3 is 0 Å². The van der Waals surface area contributed by atoms with Crippen LogP contribution in [0.25, 0.3) is 11.0 Å². The molecule has 64 valence electrons. The lowest BCUT2D eigenvalue weighted by Crippen LogP contribution is -1.80. The number of fused-ring (bicyclic) bond motifs is 1. The molecule has 0 saturated carbocycles. The minimum absolute atomic E-state index is 0. The van der Waals surface area contributed by atoms with E-state index in [2.05, 4.69) is 15.1 Å². The van der Waals surface area contributed by atoms with Crippen LogP contribution in [0, 0.1) is 0 Å². The minimum atomic E-state index is 0. The van der Waals surface area contributed by atoms with E-state index in [9.17, 15) is 0 Å². The van der Waals surface area contributed by atoms with Crippen molar-refractivity contribution >= 4 is 34.4 Å². The molecule has 12 heavy (non-hydrogen) atoms. The Morgan fingerprint density at radius 1 is 1.42 bits per heavy atom. The Bertz CT molecular complexity index is 397. The molecule has 0 spiro atoms. The van der Waals surface area contributed by atoms with Crippen molar-refractivity contribution in [1.82, 2.24) is 19.3 Å². The molecule has 2 heterocycles. The Morgan fingerprint density at radius 3 is 2.83 bits per heavy atom. The Hall–Kier alpha value is -0.870. The zero-order valence-corrected chi connectivity index (χ0v) is 6.71. The van der Waals surface area contributed by atoms with E-state index in [-0.39, 0.29) is 7.43 Å². The van der Waals surface area contributed by atoms with Gasteiger partial charge in [-0.05, 0) is 0 Å². The number of hydrogen-bond acceptors (Lipinski definition) is 3. The molecule has 2 aromatic heterocycles. The lowest BCUT2D eigenvalue weighted by Gasteiger charge is -1.83. The first-order valence-electron chi connectivity index (χ1n) is 2.79. The normalized spacial score (nSPS) is 9.83. The molecular weight excluding hydrogens is 199 g/mol. The van der Waals surface area contributed by atoms with Gasteiger partial charge in [0.25, 0.3) is 0 Å². The Balaban J connectivity index is 0.000000720. The van der Waals surface area contributed by atoms with Crippen molar-refractivity contribution in [2.75, 3.05) is 0 Å². The van der Waals surface area contributed by atoms with E-state index in [0.717, 1.165) is 4.20 Å². The topological polar surface area (TPSA) is 43.6 Å². The van der Waals surface area contributed by atoms with Gasteiger partial charge in [-0.1, -0.05) is 19.0 Å². The fraction of sp³-hybridized carbons (Fsp3) is 0.167. The van der Waals surface area contributed by atoms with E-state index in [4.69, 9.17) is 23.4 Å². The van der Waals surface area contributed by atoms with Crippen LogP contribution in [-0.2, 0) is 0 Å². The van der Waals surface area contributed by atoms with E-state index >= 15 is 0 Å². The molecular formula is C6H6Cl2N4. The lowest BCUT2D eigenvalue weighted by atomic mass is 10.4. The largest absolute Gasteiger partial charge is 0.244 e. The van der Waals surface area contributed by atoms with Crippen molar-refractivity contribution in [2.24, 2.45) is 0 Å². The highest BCUT2D eigenvalue weighted by molar-refractivity contribution is 6.37. The summed E-state index contributed by atoms with van der Waals surface area (Å²) in [6.07, 6.45) is 2.96. The SMILES string of the molecule is C.Clc1c2cncnc2nn1Cl. The van der Waals surface area contributed by atoms with E-state index < -0.39 is 0 Å². The number of rotatable bonds is 0. The van der Waals surface area contributed by atoms with Crippen LogP contribution in [0.4, 0.5) is 0 Å². The second-order valence-corrected chi connectivity index (χ2v) is 2.59. The number of aromatic nitrogens is 4. The van der Waals surface area contributed by atoms with Crippen LogP contribution in [0.2, 0.25) is 5.15 Å². The Labute approximate surface area is 79.2 Å². The third-order valence-electron chi connectivity index (χ3n) is 1.26. The molecule has 0 aliphatic heterocycles. The van der Waals surface area contributed by atoms with E-state index in [1.807, 2.05) is 0 Å². The molecule has 0 aromatic carbocycles. The summed E-state index contributed by atoms with van der Waals surface area (Å²) >= 11 is 11.3. The molecule has 0 N–H and O–H groups in total. The van der Waals surface area contributed by atoms with Gasteiger partial charge in [-0.2, -0.15) is 4.20 Å². The average molecular weight is 205 g/mol. The van der Waals surface area contributed by atoms with Gasteiger partial charge in [-0.15, -0.1) is 5.10 Å². The summed E-state index contributed by atoms with van der Waals surface area (Å²) in [6.45, 7) is 0. The molecule has 0 atom stereocenters. The zero-order valence-electron chi connectivity index (χ0n) is 5.20. The summed E-state index contributed by atoms with van der Waals surface area (Å²) in [5.41, 5.74) is 0.500. The van der Waals surface area contributed by atoms with Crippen molar-refractivity contribution in [3.8, 4) is 0 Å². The summed E-state index contributed by atoms with van der Waals surface area (Å²) in [6, 6.07) is 0. The molecule has 6 heteroatoms. The quantitative estimate of drug-likeness (QED) is 0.661. The monoisotopic (exact) mass is 204 g/mol. The smallest absolute Gasteiger partial charge is 0.187 e. The summed E-state index contributed by atoms with van der Waals surface area (Å²) in [5.74, 6) is 0. The van der Waals surface area contributed by atoms with Gasteiger partial charge in [0, 0.05) is 18.0 Å². The van der Waals surface area contributed by atoms with Crippen LogP contribution >= 0.6 is 23.4 Å². The van der Waals surface area contributed by atoms with Crippen LogP contribution < -0.4 is 0 Å². The lowest BCUT2D eigenvalue weighted by molar-refractivity contribution is 1.00.